The van der Waals surface area contributed by atoms with Gasteiger partial charge in [0.15, 0.2) is 5.17 Å². The fourth-order valence-corrected chi connectivity index (χ4v) is 3.56. The van der Waals surface area contributed by atoms with E-state index in [0.29, 0.717) is 0 Å². The first-order chi connectivity index (χ1) is 9.00. The highest BCUT2D eigenvalue weighted by Gasteiger charge is 2.36. The molecule has 3 heteroatoms. The van der Waals surface area contributed by atoms with Gasteiger partial charge in [-0.15, -0.1) is 0 Å². The summed E-state index contributed by atoms with van der Waals surface area (Å²) in [5, 5.41) is 4.42. The summed E-state index contributed by atoms with van der Waals surface area (Å²) in [7, 11) is 0. The van der Waals surface area contributed by atoms with Crippen LogP contribution in [0.5, 0.6) is 0 Å². The van der Waals surface area contributed by atoms with Crippen LogP contribution in [0.4, 0.5) is 5.69 Å². The first kappa shape index (κ1) is 14.2. The second-order valence-electron chi connectivity index (χ2n) is 5.12. The van der Waals surface area contributed by atoms with Crippen molar-refractivity contribution in [2.45, 2.75) is 46.1 Å². The number of anilines is 1. The van der Waals surface area contributed by atoms with Crippen LogP contribution in [0.3, 0.4) is 0 Å². The third-order valence-electron chi connectivity index (χ3n) is 3.85. The van der Waals surface area contributed by atoms with E-state index in [9.17, 15) is 0 Å². The van der Waals surface area contributed by atoms with Crippen molar-refractivity contribution in [2.24, 2.45) is 4.99 Å². The topological polar surface area (TPSA) is 24.4 Å². The van der Waals surface area contributed by atoms with Gasteiger partial charge in [0.2, 0.25) is 0 Å². The number of nitrogens with one attached hydrogen (secondary N) is 1. The highest BCUT2D eigenvalue weighted by molar-refractivity contribution is 8.17. The number of thioether (sulfide) groups is 1. The van der Waals surface area contributed by atoms with Crippen molar-refractivity contribution in [3.8, 4) is 0 Å². The highest BCUT2D eigenvalue weighted by Crippen LogP contribution is 2.43. The second-order valence-corrected chi connectivity index (χ2v) is 6.21. The maximum atomic E-state index is 4.87. The molecule has 0 aliphatic carbocycles. The van der Waals surface area contributed by atoms with E-state index in [4.69, 9.17) is 4.99 Å². The van der Waals surface area contributed by atoms with Gasteiger partial charge in [0.25, 0.3) is 0 Å². The molecule has 2 nitrogen and oxygen atoms in total. The predicted molar refractivity (Wildman–Crippen MR) is 87.0 cm³/mol. The van der Waals surface area contributed by atoms with Gasteiger partial charge in [-0.1, -0.05) is 49.9 Å². The van der Waals surface area contributed by atoms with E-state index >= 15 is 0 Å². The number of hydrogen-bond acceptors (Lipinski definition) is 3. The summed E-state index contributed by atoms with van der Waals surface area (Å²) in [4.78, 5) is 6.02. The largest absolute Gasteiger partial charge is 0.334 e. The number of aryl methyl sites for hydroxylation is 2. The molecule has 0 atom stereocenters. The molecule has 1 heterocycles. The Hall–Kier alpha value is -1.22. The third-order valence-corrected chi connectivity index (χ3v) is 4.86. The lowest BCUT2D eigenvalue weighted by Crippen LogP contribution is -2.22. The number of aliphatic imine (C=N–C) groups is 1. The van der Waals surface area contributed by atoms with Crippen molar-refractivity contribution in [3.05, 3.63) is 40.8 Å². The van der Waals surface area contributed by atoms with Gasteiger partial charge < -0.3 is 5.32 Å². The summed E-state index contributed by atoms with van der Waals surface area (Å²) in [5.41, 5.74) is 3.59. The Labute approximate surface area is 120 Å². The quantitative estimate of drug-likeness (QED) is 0.848. The minimum absolute atomic E-state index is 0.0778. The fraction of sp³-hybridized carbons (Fsp3) is 0.438. The molecule has 0 spiro atoms. The second kappa shape index (κ2) is 5.41. The fourth-order valence-electron chi connectivity index (χ4n) is 2.42. The van der Waals surface area contributed by atoms with Gasteiger partial charge in [-0.25, -0.2) is 0 Å². The van der Waals surface area contributed by atoms with Gasteiger partial charge in [0.05, 0.1) is 5.54 Å². The zero-order valence-corrected chi connectivity index (χ0v) is 13.0. The van der Waals surface area contributed by atoms with Crippen LogP contribution in [-0.4, -0.2) is 10.7 Å². The monoisotopic (exact) mass is 274 g/mol. The van der Waals surface area contributed by atoms with Crippen molar-refractivity contribution in [1.82, 2.24) is 0 Å². The third kappa shape index (κ3) is 2.71. The Morgan fingerprint density at radius 2 is 1.95 bits per heavy atom. The number of rotatable bonds is 3. The lowest BCUT2D eigenvalue weighted by Gasteiger charge is -2.22. The summed E-state index contributed by atoms with van der Waals surface area (Å²) in [6.07, 6.45) is 2.01. The van der Waals surface area contributed by atoms with Gasteiger partial charge in [-0.2, -0.15) is 0 Å². The molecule has 2 rings (SSSR count). The van der Waals surface area contributed by atoms with Crippen LogP contribution >= 0.6 is 11.8 Å². The van der Waals surface area contributed by atoms with Gasteiger partial charge >= 0.3 is 0 Å². The molecule has 0 aromatic heterocycles. The first-order valence-electron chi connectivity index (χ1n) is 6.82. The molecule has 0 fully saturated rings. The van der Waals surface area contributed by atoms with Gasteiger partial charge in [0, 0.05) is 10.6 Å². The molecule has 1 aliphatic rings. The molecule has 19 heavy (non-hydrogen) atoms. The highest BCUT2D eigenvalue weighted by atomic mass is 32.2. The smallest absolute Gasteiger partial charge is 0.166 e. The molecule has 1 aliphatic heterocycles. The molecule has 0 saturated carbocycles. The molecule has 1 aromatic rings. The Morgan fingerprint density at radius 3 is 2.47 bits per heavy atom. The van der Waals surface area contributed by atoms with E-state index < -0.39 is 0 Å². The Bertz CT molecular complexity index is 528. The maximum absolute atomic E-state index is 4.87. The maximum Gasteiger partial charge on any atom is 0.166 e. The van der Waals surface area contributed by atoms with E-state index in [-0.39, 0.29) is 5.54 Å². The average molecular weight is 274 g/mol. The molecule has 102 valence electrons. The Morgan fingerprint density at radius 1 is 1.26 bits per heavy atom. The van der Waals surface area contributed by atoms with E-state index in [1.807, 2.05) is 0 Å². The van der Waals surface area contributed by atoms with E-state index in [0.717, 1.165) is 28.6 Å². The van der Waals surface area contributed by atoms with Crippen LogP contribution in [0.1, 0.15) is 37.8 Å². The van der Waals surface area contributed by atoms with Gasteiger partial charge in [-0.3, -0.25) is 4.99 Å². The molecule has 0 amide bonds. The predicted octanol–water partition coefficient (Wildman–Crippen LogP) is 4.89. The molecular formula is C16H22N2S. The van der Waals surface area contributed by atoms with Crippen LogP contribution in [0.2, 0.25) is 0 Å². The van der Waals surface area contributed by atoms with E-state index in [2.05, 4.69) is 57.8 Å². The summed E-state index contributed by atoms with van der Waals surface area (Å²) in [5.74, 6) is 0. The van der Waals surface area contributed by atoms with Crippen LogP contribution in [0.15, 0.2) is 34.7 Å². The van der Waals surface area contributed by atoms with E-state index in [1.165, 1.54) is 11.1 Å². The lowest BCUT2D eigenvalue weighted by molar-refractivity contribution is 0.496. The number of amidine groups is 1. The van der Waals surface area contributed by atoms with Crippen molar-refractivity contribution < 1.29 is 0 Å². The Balaban J connectivity index is 2.23. The molecular weight excluding hydrogens is 252 g/mol. The molecule has 0 unspecified atom stereocenters. The average Bonchev–Trinajstić information content (AvgIpc) is 2.70. The summed E-state index contributed by atoms with van der Waals surface area (Å²) >= 11 is 1.67. The minimum Gasteiger partial charge on any atom is -0.334 e. The summed E-state index contributed by atoms with van der Waals surface area (Å²) < 4.78 is 0. The van der Waals surface area contributed by atoms with Crippen LogP contribution in [0, 0.1) is 13.8 Å². The van der Waals surface area contributed by atoms with Gasteiger partial charge in [-0.05, 0) is 38.3 Å². The number of nitrogens with zero attached hydrogens (tertiary/aromatic N) is 1. The minimum atomic E-state index is -0.0778. The standard InChI is InChI=1S/C16H22N2S/c1-6-16(7-2)13(5)19-15(18-16)17-14-9-8-11(3)10-12(14)4/h8-10H,5-7H2,1-4H3,(H,17,18). The normalized spacial score (nSPS) is 17.5. The molecule has 1 aromatic carbocycles. The van der Waals surface area contributed by atoms with Crippen molar-refractivity contribution in [3.63, 3.8) is 0 Å². The Kier molecular flexibility index (Phi) is 4.04. The van der Waals surface area contributed by atoms with Crippen molar-refractivity contribution in [1.29, 1.82) is 0 Å². The zero-order valence-electron chi connectivity index (χ0n) is 12.2. The zero-order chi connectivity index (χ0) is 14.0. The van der Waals surface area contributed by atoms with E-state index in [1.54, 1.807) is 11.8 Å². The van der Waals surface area contributed by atoms with Crippen molar-refractivity contribution in [2.75, 3.05) is 5.32 Å². The molecule has 0 bridgehead atoms. The molecule has 1 N–H and O–H groups in total. The number of benzene rings is 1. The lowest BCUT2D eigenvalue weighted by atomic mass is 9.94. The molecule has 0 radical (unpaired) electrons. The van der Waals surface area contributed by atoms with Crippen LogP contribution < -0.4 is 5.32 Å². The number of hydrogen-bond donors (Lipinski definition) is 1. The molecule has 0 saturated heterocycles. The SMILES string of the molecule is C=C1SC(Nc2ccc(C)cc2C)=NC1(CC)CC. The van der Waals surface area contributed by atoms with Crippen LogP contribution in [0.25, 0.3) is 0 Å². The summed E-state index contributed by atoms with van der Waals surface area (Å²) in [6.45, 7) is 12.8. The van der Waals surface area contributed by atoms with Gasteiger partial charge in [0.1, 0.15) is 0 Å². The van der Waals surface area contributed by atoms with Crippen LogP contribution in [-0.2, 0) is 0 Å². The first-order valence-corrected chi connectivity index (χ1v) is 7.63. The van der Waals surface area contributed by atoms with Crippen molar-refractivity contribution >= 4 is 22.6 Å². The summed E-state index contributed by atoms with van der Waals surface area (Å²) in [6, 6.07) is 6.43.